The van der Waals surface area contributed by atoms with Crippen molar-refractivity contribution in [2.75, 3.05) is 0 Å². The lowest BCUT2D eigenvalue weighted by Crippen LogP contribution is -1.96. The molecule has 0 bridgehead atoms. The maximum atomic E-state index is 12.4. The zero-order valence-electron chi connectivity index (χ0n) is 10.5. The molecule has 0 aromatic heterocycles. The fourth-order valence-corrected chi connectivity index (χ4v) is 3.26. The van der Waals surface area contributed by atoms with Crippen molar-refractivity contribution in [3.8, 4) is 0 Å². The SMILES string of the molecule is O=[S@@](Cc1ccccc1)c1ccc2ccccc2c1. The highest BCUT2D eigenvalue weighted by Gasteiger charge is 2.05. The molecule has 0 aliphatic rings. The zero-order valence-corrected chi connectivity index (χ0v) is 11.3. The van der Waals surface area contributed by atoms with Crippen LogP contribution in [0.3, 0.4) is 0 Å². The number of benzene rings is 3. The fourth-order valence-electron chi connectivity index (χ4n) is 2.12. The maximum absolute atomic E-state index is 12.4. The Hall–Kier alpha value is -1.93. The molecule has 0 saturated heterocycles. The smallest absolute Gasteiger partial charge is 0.0574 e. The molecule has 0 N–H and O–H groups in total. The minimum atomic E-state index is -0.990. The first-order valence-corrected chi connectivity index (χ1v) is 7.56. The van der Waals surface area contributed by atoms with E-state index >= 15 is 0 Å². The summed E-state index contributed by atoms with van der Waals surface area (Å²) in [5.41, 5.74) is 1.11. The Bertz CT molecular complexity index is 719. The second kappa shape index (κ2) is 5.37. The molecule has 0 aliphatic heterocycles. The van der Waals surface area contributed by atoms with Crippen molar-refractivity contribution in [3.05, 3.63) is 78.4 Å². The molecule has 0 unspecified atom stereocenters. The van der Waals surface area contributed by atoms with E-state index in [1.54, 1.807) is 0 Å². The van der Waals surface area contributed by atoms with Crippen molar-refractivity contribution in [1.82, 2.24) is 0 Å². The van der Waals surface area contributed by atoms with Gasteiger partial charge in [-0.15, -0.1) is 0 Å². The molecule has 1 nitrogen and oxygen atoms in total. The van der Waals surface area contributed by atoms with Gasteiger partial charge in [0.05, 0.1) is 16.6 Å². The van der Waals surface area contributed by atoms with Gasteiger partial charge in [-0.1, -0.05) is 60.7 Å². The van der Waals surface area contributed by atoms with Gasteiger partial charge in [0.1, 0.15) is 0 Å². The molecule has 0 saturated carbocycles. The molecule has 94 valence electrons. The fraction of sp³-hybridized carbons (Fsp3) is 0.0588. The van der Waals surface area contributed by atoms with Crippen molar-refractivity contribution in [2.45, 2.75) is 10.6 Å². The predicted molar refractivity (Wildman–Crippen MR) is 80.5 cm³/mol. The summed E-state index contributed by atoms with van der Waals surface area (Å²) < 4.78 is 12.4. The summed E-state index contributed by atoms with van der Waals surface area (Å²) >= 11 is 0. The molecule has 0 aliphatic carbocycles. The van der Waals surface area contributed by atoms with Gasteiger partial charge in [0.2, 0.25) is 0 Å². The average molecular weight is 266 g/mol. The molecule has 1 atom stereocenters. The topological polar surface area (TPSA) is 17.1 Å². The third kappa shape index (κ3) is 2.74. The molecule has 0 radical (unpaired) electrons. The van der Waals surface area contributed by atoms with Gasteiger partial charge in [-0.2, -0.15) is 0 Å². The third-order valence-electron chi connectivity index (χ3n) is 3.12. The Morgan fingerprint density at radius 1 is 0.737 bits per heavy atom. The van der Waals surface area contributed by atoms with Crippen LogP contribution in [0.1, 0.15) is 5.56 Å². The van der Waals surface area contributed by atoms with Gasteiger partial charge in [0, 0.05) is 4.90 Å². The molecule has 0 spiro atoms. The summed E-state index contributed by atoms with van der Waals surface area (Å²) in [7, 11) is -0.990. The molecule has 3 rings (SSSR count). The summed E-state index contributed by atoms with van der Waals surface area (Å²) in [6, 6.07) is 24.1. The van der Waals surface area contributed by atoms with Gasteiger partial charge in [0.15, 0.2) is 0 Å². The van der Waals surface area contributed by atoms with Crippen molar-refractivity contribution >= 4 is 21.6 Å². The Balaban J connectivity index is 1.89. The second-order valence-electron chi connectivity index (χ2n) is 4.48. The van der Waals surface area contributed by atoms with Crippen LogP contribution in [0.5, 0.6) is 0 Å². The lowest BCUT2D eigenvalue weighted by atomic mass is 10.1. The molecule has 19 heavy (non-hydrogen) atoms. The zero-order chi connectivity index (χ0) is 13.1. The molecule has 2 heteroatoms. The normalized spacial score (nSPS) is 12.4. The van der Waals surface area contributed by atoms with Crippen LogP contribution in [0.4, 0.5) is 0 Å². The van der Waals surface area contributed by atoms with Crippen LogP contribution in [0.25, 0.3) is 10.8 Å². The van der Waals surface area contributed by atoms with Crippen LogP contribution in [-0.2, 0) is 16.6 Å². The third-order valence-corrected chi connectivity index (χ3v) is 4.50. The lowest BCUT2D eigenvalue weighted by Gasteiger charge is -2.04. The molecule has 3 aromatic rings. The molecule has 0 fully saturated rings. The average Bonchev–Trinajstić information content (AvgIpc) is 2.48. The first-order valence-electron chi connectivity index (χ1n) is 6.24. The number of rotatable bonds is 3. The quantitative estimate of drug-likeness (QED) is 0.696. The summed E-state index contributed by atoms with van der Waals surface area (Å²) in [6.07, 6.45) is 0. The number of hydrogen-bond acceptors (Lipinski definition) is 1. The summed E-state index contributed by atoms with van der Waals surface area (Å²) in [5.74, 6) is 0.569. The standard InChI is InChI=1S/C17H14OS/c18-19(13-14-6-2-1-3-7-14)17-11-10-15-8-4-5-9-16(15)12-17/h1-12H,13H2/t19-/m0/s1. The Morgan fingerprint density at radius 2 is 1.42 bits per heavy atom. The van der Waals surface area contributed by atoms with E-state index in [-0.39, 0.29) is 0 Å². The Labute approximate surface area is 115 Å². The summed E-state index contributed by atoms with van der Waals surface area (Å²) in [4.78, 5) is 0.891. The number of fused-ring (bicyclic) bond motifs is 1. The van der Waals surface area contributed by atoms with Crippen LogP contribution in [0.2, 0.25) is 0 Å². The molecule has 3 aromatic carbocycles. The van der Waals surface area contributed by atoms with E-state index in [1.807, 2.05) is 60.7 Å². The number of hydrogen-bond donors (Lipinski definition) is 0. The van der Waals surface area contributed by atoms with E-state index in [4.69, 9.17) is 0 Å². The van der Waals surface area contributed by atoms with Crippen LogP contribution in [0.15, 0.2) is 77.7 Å². The second-order valence-corrected chi connectivity index (χ2v) is 5.94. The van der Waals surface area contributed by atoms with E-state index in [0.29, 0.717) is 5.75 Å². The maximum Gasteiger partial charge on any atom is 0.0574 e. The largest absolute Gasteiger partial charge is 0.254 e. The highest BCUT2D eigenvalue weighted by Crippen LogP contribution is 2.19. The van der Waals surface area contributed by atoms with Gasteiger partial charge in [-0.05, 0) is 28.5 Å². The van der Waals surface area contributed by atoms with Gasteiger partial charge < -0.3 is 0 Å². The van der Waals surface area contributed by atoms with Gasteiger partial charge in [0.25, 0.3) is 0 Å². The van der Waals surface area contributed by atoms with Crippen LogP contribution in [-0.4, -0.2) is 4.21 Å². The van der Waals surface area contributed by atoms with Gasteiger partial charge in [-0.25, -0.2) is 0 Å². The minimum Gasteiger partial charge on any atom is -0.254 e. The van der Waals surface area contributed by atoms with Crippen LogP contribution in [0, 0.1) is 0 Å². The van der Waals surface area contributed by atoms with Crippen molar-refractivity contribution in [1.29, 1.82) is 0 Å². The highest BCUT2D eigenvalue weighted by molar-refractivity contribution is 7.84. The molecule has 0 heterocycles. The van der Waals surface area contributed by atoms with Crippen LogP contribution >= 0.6 is 0 Å². The van der Waals surface area contributed by atoms with E-state index in [0.717, 1.165) is 15.8 Å². The lowest BCUT2D eigenvalue weighted by molar-refractivity contribution is 0.682. The van der Waals surface area contributed by atoms with E-state index in [1.165, 1.54) is 5.39 Å². The monoisotopic (exact) mass is 266 g/mol. The Morgan fingerprint density at radius 3 is 2.21 bits per heavy atom. The molecule has 0 amide bonds. The Kier molecular flexibility index (Phi) is 3.43. The van der Waals surface area contributed by atoms with Gasteiger partial charge in [-0.3, -0.25) is 4.21 Å². The van der Waals surface area contributed by atoms with E-state index in [2.05, 4.69) is 12.1 Å². The van der Waals surface area contributed by atoms with E-state index in [9.17, 15) is 4.21 Å². The van der Waals surface area contributed by atoms with Crippen molar-refractivity contribution < 1.29 is 4.21 Å². The minimum absolute atomic E-state index is 0.569. The first kappa shape index (κ1) is 12.1. The summed E-state index contributed by atoms with van der Waals surface area (Å²) in [6.45, 7) is 0. The molecular weight excluding hydrogens is 252 g/mol. The van der Waals surface area contributed by atoms with Gasteiger partial charge >= 0.3 is 0 Å². The summed E-state index contributed by atoms with van der Waals surface area (Å²) in [5, 5.41) is 2.32. The predicted octanol–water partition coefficient (Wildman–Crippen LogP) is 4.15. The van der Waals surface area contributed by atoms with Crippen molar-refractivity contribution in [3.63, 3.8) is 0 Å². The molecular formula is C17H14OS. The van der Waals surface area contributed by atoms with E-state index < -0.39 is 10.8 Å². The van der Waals surface area contributed by atoms with Crippen LogP contribution < -0.4 is 0 Å². The highest BCUT2D eigenvalue weighted by atomic mass is 32.2. The first-order chi connectivity index (χ1) is 9.33. The van der Waals surface area contributed by atoms with Crippen molar-refractivity contribution in [2.24, 2.45) is 0 Å².